The van der Waals surface area contributed by atoms with Gasteiger partial charge in [-0.15, -0.1) is 0 Å². The Labute approximate surface area is 111 Å². The lowest BCUT2D eigenvalue weighted by Crippen LogP contribution is -2.12. The molecule has 0 aromatic heterocycles. The van der Waals surface area contributed by atoms with Crippen LogP contribution in [0.1, 0.15) is 92.4 Å². The Morgan fingerprint density at radius 2 is 1.47 bits per heavy atom. The summed E-state index contributed by atoms with van der Waals surface area (Å²) in [6.07, 6.45) is 13.4. The van der Waals surface area contributed by atoms with Crippen LogP contribution in [0.5, 0.6) is 0 Å². The predicted octanol–water partition coefficient (Wildman–Crippen LogP) is 6.45. The average molecular weight is 240 g/mol. The molecule has 1 rings (SSSR count). The van der Waals surface area contributed by atoms with Crippen molar-refractivity contribution in [3.8, 4) is 0 Å². The molecule has 0 aromatic rings. The molecule has 0 bridgehead atoms. The van der Waals surface area contributed by atoms with E-state index in [9.17, 15) is 0 Å². The fourth-order valence-corrected chi connectivity index (χ4v) is 2.78. The Hall–Kier alpha value is 0. The molecule has 0 heteroatoms. The van der Waals surface area contributed by atoms with Crippen LogP contribution in [0.4, 0.5) is 0 Å². The molecule has 0 atom stereocenters. The smallest absolute Gasteiger partial charge is 0.0414 e. The highest BCUT2D eigenvalue weighted by molar-refractivity contribution is 4.69. The minimum absolute atomic E-state index is 0.903. The van der Waals surface area contributed by atoms with Gasteiger partial charge >= 0.3 is 0 Å². The third kappa shape index (κ3) is 9.68. The molecular formula is C17H36. The van der Waals surface area contributed by atoms with Gasteiger partial charge in [0.2, 0.25) is 0 Å². The summed E-state index contributed by atoms with van der Waals surface area (Å²) in [6.45, 7) is 11.1. The molecule has 1 aliphatic rings. The van der Waals surface area contributed by atoms with Gasteiger partial charge in [0.25, 0.3) is 0 Å². The first-order valence-electron chi connectivity index (χ1n) is 8.18. The summed E-state index contributed by atoms with van der Waals surface area (Å²) in [5.74, 6) is 3.00. The van der Waals surface area contributed by atoms with E-state index in [0.717, 1.165) is 17.8 Å². The van der Waals surface area contributed by atoms with Crippen molar-refractivity contribution in [3.05, 3.63) is 0 Å². The first-order chi connectivity index (χ1) is 8.18. The van der Waals surface area contributed by atoms with Gasteiger partial charge in [-0.1, -0.05) is 92.4 Å². The van der Waals surface area contributed by atoms with Crippen molar-refractivity contribution < 1.29 is 0 Å². The van der Waals surface area contributed by atoms with Crippen LogP contribution in [0.25, 0.3) is 0 Å². The third-order valence-corrected chi connectivity index (χ3v) is 4.03. The van der Waals surface area contributed by atoms with Gasteiger partial charge in [0.05, 0.1) is 0 Å². The van der Waals surface area contributed by atoms with Gasteiger partial charge < -0.3 is 0 Å². The molecular weight excluding hydrogens is 204 g/mol. The highest BCUT2D eigenvalue weighted by Crippen LogP contribution is 2.31. The van der Waals surface area contributed by atoms with Crippen LogP contribution in [0.15, 0.2) is 0 Å². The summed E-state index contributed by atoms with van der Waals surface area (Å²) in [6, 6.07) is 0. The topological polar surface area (TPSA) is 0 Å². The summed E-state index contributed by atoms with van der Waals surface area (Å²) >= 11 is 0. The van der Waals surface area contributed by atoms with Crippen LogP contribution in [-0.2, 0) is 0 Å². The molecule has 0 saturated heterocycles. The minimum Gasteiger partial charge on any atom is -0.0683 e. The van der Waals surface area contributed by atoms with E-state index in [0.29, 0.717) is 0 Å². The maximum Gasteiger partial charge on any atom is -0.0414 e. The zero-order valence-corrected chi connectivity index (χ0v) is 13.1. The zero-order valence-electron chi connectivity index (χ0n) is 13.1. The van der Waals surface area contributed by atoms with Crippen LogP contribution in [-0.4, -0.2) is 0 Å². The van der Waals surface area contributed by atoms with Crippen molar-refractivity contribution >= 4 is 0 Å². The maximum atomic E-state index is 2.42. The fourth-order valence-electron chi connectivity index (χ4n) is 2.78. The standard InChI is InChI=1S/C15H30.C2H6/c1-13(2)7-5-4-6-8-15-11-9-14(3)10-12-15;1-2/h13-15H,4-12H2,1-3H3;1-2H3. The third-order valence-electron chi connectivity index (χ3n) is 4.03. The van der Waals surface area contributed by atoms with E-state index in [1.807, 2.05) is 13.8 Å². The van der Waals surface area contributed by atoms with Gasteiger partial charge in [0.1, 0.15) is 0 Å². The van der Waals surface area contributed by atoms with Crippen molar-refractivity contribution in [1.82, 2.24) is 0 Å². The highest BCUT2D eigenvalue weighted by Gasteiger charge is 2.17. The summed E-state index contributed by atoms with van der Waals surface area (Å²) in [5.41, 5.74) is 0. The van der Waals surface area contributed by atoms with Crippen molar-refractivity contribution in [3.63, 3.8) is 0 Å². The Balaban J connectivity index is 0.00000121. The monoisotopic (exact) mass is 240 g/mol. The first kappa shape index (κ1) is 17.0. The molecule has 0 nitrogen and oxygen atoms in total. The maximum absolute atomic E-state index is 2.42. The van der Waals surface area contributed by atoms with E-state index < -0.39 is 0 Å². The minimum atomic E-state index is 0.903. The average Bonchev–Trinajstić information content (AvgIpc) is 2.33. The molecule has 104 valence electrons. The summed E-state index contributed by atoms with van der Waals surface area (Å²) in [5, 5.41) is 0. The van der Waals surface area contributed by atoms with Crippen LogP contribution in [0.2, 0.25) is 0 Å². The molecule has 17 heavy (non-hydrogen) atoms. The van der Waals surface area contributed by atoms with Crippen LogP contribution < -0.4 is 0 Å². The molecule has 0 heterocycles. The number of rotatable bonds is 6. The van der Waals surface area contributed by atoms with Gasteiger partial charge in [0, 0.05) is 0 Å². The summed E-state index contributed by atoms with van der Waals surface area (Å²) in [4.78, 5) is 0. The van der Waals surface area contributed by atoms with Gasteiger partial charge in [-0.05, 0) is 17.8 Å². The van der Waals surface area contributed by atoms with Gasteiger partial charge in [-0.25, -0.2) is 0 Å². The second-order valence-electron chi connectivity index (χ2n) is 6.16. The van der Waals surface area contributed by atoms with E-state index in [4.69, 9.17) is 0 Å². The van der Waals surface area contributed by atoms with Gasteiger partial charge in [-0.2, -0.15) is 0 Å². The number of hydrogen-bond acceptors (Lipinski definition) is 0. The Morgan fingerprint density at radius 3 is 2.00 bits per heavy atom. The molecule has 0 N–H and O–H groups in total. The molecule has 1 saturated carbocycles. The quantitative estimate of drug-likeness (QED) is 0.468. The van der Waals surface area contributed by atoms with E-state index in [2.05, 4.69) is 20.8 Å². The van der Waals surface area contributed by atoms with Crippen molar-refractivity contribution in [2.45, 2.75) is 92.4 Å². The van der Waals surface area contributed by atoms with Crippen LogP contribution >= 0.6 is 0 Å². The van der Waals surface area contributed by atoms with E-state index in [1.165, 1.54) is 57.8 Å². The second-order valence-corrected chi connectivity index (χ2v) is 6.16. The lowest BCUT2D eigenvalue weighted by atomic mass is 9.80. The fraction of sp³-hybridized carbons (Fsp3) is 1.00. The molecule has 0 amide bonds. The normalized spacial score (nSPS) is 24.4. The number of unbranched alkanes of at least 4 members (excludes halogenated alkanes) is 2. The van der Waals surface area contributed by atoms with E-state index >= 15 is 0 Å². The van der Waals surface area contributed by atoms with Crippen LogP contribution in [0.3, 0.4) is 0 Å². The molecule has 0 aliphatic heterocycles. The lowest BCUT2D eigenvalue weighted by Gasteiger charge is -2.26. The van der Waals surface area contributed by atoms with Gasteiger partial charge in [-0.3, -0.25) is 0 Å². The van der Waals surface area contributed by atoms with Crippen molar-refractivity contribution in [1.29, 1.82) is 0 Å². The Bertz CT molecular complexity index is 140. The largest absolute Gasteiger partial charge is 0.0683 e. The molecule has 0 aromatic carbocycles. The van der Waals surface area contributed by atoms with Crippen molar-refractivity contribution in [2.75, 3.05) is 0 Å². The predicted molar refractivity (Wildman–Crippen MR) is 80.4 cm³/mol. The summed E-state index contributed by atoms with van der Waals surface area (Å²) < 4.78 is 0. The summed E-state index contributed by atoms with van der Waals surface area (Å²) in [7, 11) is 0. The Kier molecular flexibility index (Phi) is 11.1. The second kappa shape index (κ2) is 11.1. The van der Waals surface area contributed by atoms with E-state index in [-0.39, 0.29) is 0 Å². The zero-order chi connectivity index (χ0) is 13.1. The molecule has 1 fully saturated rings. The Morgan fingerprint density at radius 1 is 0.882 bits per heavy atom. The highest BCUT2D eigenvalue weighted by atomic mass is 14.2. The number of hydrogen-bond donors (Lipinski definition) is 0. The van der Waals surface area contributed by atoms with E-state index in [1.54, 1.807) is 0 Å². The van der Waals surface area contributed by atoms with Crippen LogP contribution in [0, 0.1) is 17.8 Å². The van der Waals surface area contributed by atoms with Crippen molar-refractivity contribution in [2.24, 2.45) is 17.8 Å². The molecule has 0 unspecified atom stereocenters. The first-order valence-corrected chi connectivity index (χ1v) is 8.18. The van der Waals surface area contributed by atoms with Gasteiger partial charge in [0.15, 0.2) is 0 Å². The lowest BCUT2D eigenvalue weighted by molar-refractivity contribution is 0.271. The molecule has 1 aliphatic carbocycles. The SMILES string of the molecule is CC.CC(C)CCCCCC1CCC(C)CC1. The molecule has 0 radical (unpaired) electrons. The molecule has 0 spiro atoms.